The summed E-state index contributed by atoms with van der Waals surface area (Å²) < 4.78 is 5.06. The summed E-state index contributed by atoms with van der Waals surface area (Å²) in [4.78, 5) is 2.56. The van der Waals surface area contributed by atoms with E-state index in [4.69, 9.17) is 10.5 Å². The summed E-state index contributed by atoms with van der Waals surface area (Å²) in [6, 6.07) is 1.65. The van der Waals surface area contributed by atoms with Gasteiger partial charge in [-0.25, -0.2) is 0 Å². The van der Waals surface area contributed by atoms with Crippen LogP contribution in [0.3, 0.4) is 0 Å². The number of methoxy groups -OCH3 is 1. The first kappa shape index (κ1) is 12.9. The Hall–Kier alpha value is -0.120. The molecule has 0 aromatic carbocycles. The molecule has 1 saturated heterocycles. The van der Waals surface area contributed by atoms with Gasteiger partial charge in [0.15, 0.2) is 0 Å². The maximum atomic E-state index is 6.09. The van der Waals surface area contributed by atoms with Crippen molar-refractivity contribution in [1.82, 2.24) is 4.90 Å². The summed E-state index contributed by atoms with van der Waals surface area (Å²) in [5, 5.41) is 0. The van der Waals surface area contributed by atoms with Crippen molar-refractivity contribution in [3.63, 3.8) is 0 Å². The fourth-order valence-corrected chi connectivity index (χ4v) is 2.47. The number of nitrogens with two attached hydrogens (primary N) is 1. The maximum Gasteiger partial charge on any atom is 0.0477 e. The highest BCUT2D eigenvalue weighted by Gasteiger charge is 2.25. The fraction of sp³-hybridized carbons (Fsp3) is 1.00. The molecule has 0 spiro atoms. The lowest BCUT2D eigenvalue weighted by Gasteiger charge is -2.40. The van der Waals surface area contributed by atoms with Gasteiger partial charge in [-0.1, -0.05) is 6.42 Å². The van der Waals surface area contributed by atoms with Crippen molar-refractivity contribution < 1.29 is 4.74 Å². The molecule has 1 heterocycles. The van der Waals surface area contributed by atoms with Crippen molar-refractivity contribution in [2.45, 2.75) is 57.7 Å². The van der Waals surface area contributed by atoms with Gasteiger partial charge in [-0.15, -0.1) is 0 Å². The molecule has 0 amide bonds. The molecule has 3 nitrogen and oxygen atoms in total. The second-order valence-corrected chi connectivity index (χ2v) is 4.87. The predicted molar refractivity (Wildman–Crippen MR) is 63.9 cm³/mol. The minimum absolute atomic E-state index is 0.257. The van der Waals surface area contributed by atoms with Crippen LogP contribution in [0, 0.1) is 0 Å². The van der Waals surface area contributed by atoms with Gasteiger partial charge in [0, 0.05) is 38.4 Å². The zero-order chi connectivity index (χ0) is 11.3. The van der Waals surface area contributed by atoms with Gasteiger partial charge in [-0.05, 0) is 33.1 Å². The van der Waals surface area contributed by atoms with Crippen LogP contribution < -0.4 is 5.73 Å². The highest BCUT2D eigenvalue weighted by atomic mass is 16.5. The predicted octanol–water partition coefficient (Wildman–Crippen LogP) is 1.61. The summed E-state index contributed by atoms with van der Waals surface area (Å²) in [5.41, 5.74) is 6.09. The topological polar surface area (TPSA) is 38.5 Å². The Labute approximate surface area is 94.0 Å². The summed E-state index contributed by atoms with van der Waals surface area (Å²) in [5.74, 6) is 0. The number of ether oxygens (including phenoxy) is 1. The SMILES string of the molecule is COCCC(N)CN1[C@H](C)CCC[C@@H]1C. The third-order valence-corrected chi connectivity index (χ3v) is 3.51. The fourth-order valence-electron chi connectivity index (χ4n) is 2.47. The van der Waals surface area contributed by atoms with Gasteiger partial charge in [-0.3, -0.25) is 4.90 Å². The lowest BCUT2D eigenvalue weighted by atomic mass is 9.96. The Bertz CT molecular complexity index is 165. The van der Waals surface area contributed by atoms with E-state index in [1.807, 2.05) is 0 Å². The van der Waals surface area contributed by atoms with Crippen LogP contribution in [0.5, 0.6) is 0 Å². The van der Waals surface area contributed by atoms with Crippen molar-refractivity contribution in [3.05, 3.63) is 0 Å². The smallest absolute Gasteiger partial charge is 0.0477 e. The molecule has 1 rings (SSSR count). The molecule has 15 heavy (non-hydrogen) atoms. The quantitative estimate of drug-likeness (QED) is 0.755. The molecular weight excluding hydrogens is 188 g/mol. The normalized spacial score (nSPS) is 30.4. The third kappa shape index (κ3) is 4.09. The number of hydrogen-bond acceptors (Lipinski definition) is 3. The molecule has 0 aliphatic carbocycles. The van der Waals surface area contributed by atoms with Crippen molar-refractivity contribution in [1.29, 1.82) is 0 Å². The summed E-state index contributed by atoms with van der Waals surface area (Å²) >= 11 is 0. The molecule has 0 radical (unpaired) electrons. The van der Waals surface area contributed by atoms with Crippen molar-refractivity contribution in [2.24, 2.45) is 5.73 Å². The van der Waals surface area contributed by atoms with Crippen LogP contribution in [0.4, 0.5) is 0 Å². The monoisotopic (exact) mass is 214 g/mol. The molecule has 1 fully saturated rings. The maximum absolute atomic E-state index is 6.09. The molecule has 3 atom stereocenters. The van der Waals surface area contributed by atoms with E-state index in [9.17, 15) is 0 Å². The van der Waals surface area contributed by atoms with Gasteiger partial charge >= 0.3 is 0 Å². The molecule has 1 aliphatic heterocycles. The van der Waals surface area contributed by atoms with Crippen LogP contribution in [-0.2, 0) is 4.74 Å². The average molecular weight is 214 g/mol. The molecule has 0 aromatic heterocycles. The van der Waals surface area contributed by atoms with Crippen LogP contribution in [0.1, 0.15) is 39.5 Å². The van der Waals surface area contributed by atoms with Crippen LogP contribution in [0.15, 0.2) is 0 Å². The van der Waals surface area contributed by atoms with Crippen LogP contribution in [0.2, 0.25) is 0 Å². The molecular formula is C12H26N2O. The van der Waals surface area contributed by atoms with Crippen molar-refractivity contribution in [2.75, 3.05) is 20.3 Å². The summed E-state index contributed by atoms with van der Waals surface area (Å²) in [6.45, 7) is 6.43. The number of rotatable bonds is 5. The van der Waals surface area contributed by atoms with E-state index in [0.717, 1.165) is 19.6 Å². The highest BCUT2D eigenvalue weighted by Crippen LogP contribution is 2.22. The van der Waals surface area contributed by atoms with E-state index in [-0.39, 0.29) is 6.04 Å². The molecule has 0 saturated carbocycles. The van der Waals surface area contributed by atoms with E-state index in [2.05, 4.69) is 18.7 Å². The molecule has 90 valence electrons. The largest absolute Gasteiger partial charge is 0.385 e. The Morgan fingerprint density at radius 1 is 1.33 bits per heavy atom. The molecule has 2 N–H and O–H groups in total. The minimum atomic E-state index is 0.257. The number of nitrogens with zero attached hydrogens (tertiary/aromatic N) is 1. The number of likely N-dealkylation sites (tertiary alicyclic amines) is 1. The Morgan fingerprint density at radius 3 is 2.47 bits per heavy atom. The van der Waals surface area contributed by atoms with Gasteiger partial charge < -0.3 is 10.5 Å². The first-order chi connectivity index (χ1) is 7.15. The minimum Gasteiger partial charge on any atom is -0.385 e. The van der Waals surface area contributed by atoms with Crippen LogP contribution in [-0.4, -0.2) is 43.3 Å². The lowest BCUT2D eigenvalue weighted by Crippen LogP contribution is -2.49. The summed E-state index contributed by atoms with van der Waals surface area (Å²) in [7, 11) is 1.73. The Balaban J connectivity index is 2.33. The van der Waals surface area contributed by atoms with E-state index >= 15 is 0 Å². The number of piperidine rings is 1. The Kier molecular flexibility index (Phi) is 5.58. The van der Waals surface area contributed by atoms with Crippen LogP contribution >= 0.6 is 0 Å². The second kappa shape index (κ2) is 6.46. The zero-order valence-corrected chi connectivity index (χ0v) is 10.4. The molecule has 3 heteroatoms. The highest BCUT2D eigenvalue weighted by molar-refractivity contribution is 4.82. The molecule has 0 bridgehead atoms. The lowest BCUT2D eigenvalue weighted by molar-refractivity contribution is 0.0892. The molecule has 1 aliphatic rings. The number of hydrogen-bond donors (Lipinski definition) is 1. The first-order valence-corrected chi connectivity index (χ1v) is 6.15. The standard InChI is InChI=1S/C12H26N2O/c1-10-5-4-6-11(2)14(10)9-12(13)7-8-15-3/h10-12H,4-9,13H2,1-3H3/t10-,11+,12?. The van der Waals surface area contributed by atoms with E-state index < -0.39 is 0 Å². The molecule has 0 aromatic rings. The van der Waals surface area contributed by atoms with Crippen molar-refractivity contribution >= 4 is 0 Å². The molecule has 1 unspecified atom stereocenters. The van der Waals surface area contributed by atoms with Gasteiger partial charge in [-0.2, -0.15) is 0 Å². The van der Waals surface area contributed by atoms with Gasteiger partial charge in [0.25, 0.3) is 0 Å². The van der Waals surface area contributed by atoms with Gasteiger partial charge in [0.1, 0.15) is 0 Å². The second-order valence-electron chi connectivity index (χ2n) is 4.87. The van der Waals surface area contributed by atoms with E-state index in [1.165, 1.54) is 19.3 Å². The Morgan fingerprint density at radius 2 is 1.93 bits per heavy atom. The van der Waals surface area contributed by atoms with E-state index in [0.29, 0.717) is 12.1 Å². The average Bonchev–Trinajstić information content (AvgIpc) is 2.21. The third-order valence-electron chi connectivity index (χ3n) is 3.51. The summed E-state index contributed by atoms with van der Waals surface area (Å²) in [6.07, 6.45) is 4.97. The zero-order valence-electron chi connectivity index (χ0n) is 10.4. The van der Waals surface area contributed by atoms with Crippen molar-refractivity contribution in [3.8, 4) is 0 Å². The van der Waals surface area contributed by atoms with Gasteiger partial charge in [0.05, 0.1) is 0 Å². The first-order valence-electron chi connectivity index (χ1n) is 6.15. The van der Waals surface area contributed by atoms with Gasteiger partial charge in [0.2, 0.25) is 0 Å². The van der Waals surface area contributed by atoms with Crippen LogP contribution in [0.25, 0.3) is 0 Å². The van der Waals surface area contributed by atoms with E-state index in [1.54, 1.807) is 7.11 Å².